The number of carbonyl (C=O) groups is 2. The van der Waals surface area contributed by atoms with Gasteiger partial charge in [-0.2, -0.15) is 5.26 Å². The van der Waals surface area contributed by atoms with Crippen molar-refractivity contribution in [3.63, 3.8) is 0 Å². The van der Waals surface area contributed by atoms with Crippen LogP contribution in [-0.4, -0.2) is 31.2 Å². The molecule has 0 heterocycles. The van der Waals surface area contributed by atoms with E-state index in [2.05, 4.69) is 10.6 Å². The second kappa shape index (κ2) is 11.3. The van der Waals surface area contributed by atoms with Gasteiger partial charge in [0.15, 0.2) is 6.10 Å². The van der Waals surface area contributed by atoms with Crippen LogP contribution in [-0.2, 0) is 27.5 Å². The number of benzene rings is 2. The quantitative estimate of drug-likeness (QED) is 0.662. The summed E-state index contributed by atoms with van der Waals surface area (Å²) >= 11 is 0. The molecule has 0 radical (unpaired) electrons. The zero-order valence-electron chi connectivity index (χ0n) is 14.8. The number of carbonyl (C=O) groups excluding carboxylic acids is 2. The maximum absolute atomic E-state index is 12.1. The van der Waals surface area contributed by atoms with E-state index in [0.717, 1.165) is 11.1 Å². The number of hydrogen-bond acceptors (Lipinski definition) is 5. The molecule has 0 aliphatic rings. The van der Waals surface area contributed by atoms with E-state index in [9.17, 15) is 9.59 Å². The van der Waals surface area contributed by atoms with Crippen LogP contribution in [0.15, 0.2) is 60.7 Å². The molecule has 0 fully saturated rings. The summed E-state index contributed by atoms with van der Waals surface area (Å²) in [4.78, 5) is 24.0. The molecule has 1 atom stereocenters. The summed E-state index contributed by atoms with van der Waals surface area (Å²) in [5.74, 6) is -0.476. The molecule has 27 heavy (non-hydrogen) atoms. The number of nitriles is 1. The van der Waals surface area contributed by atoms with E-state index >= 15 is 0 Å². The van der Waals surface area contributed by atoms with E-state index in [1.165, 1.54) is 0 Å². The minimum atomic E-state index is -0.942. The maximum atomic E-state index is 12.1. The van der Waals surface area contributed by atoms with Gasteiger partial charge in [-0.25, -0.2) is 4.79 Å². The average molecular weight is 367 g/mol. The third kappa shape index (κ3) is 7.59. The van der Waals surface area contributed by atoms with Gasteiger partial charge in [0, 0.05) is 0 Å². The molecule has 2 rings (SSSR count). The highest BCUT2D eigenvalue weighted by Crippen LogP contribution is 2.04. The summed E-state index contributed by atoms with van der Waals surface area (Å²) < 4.78 is 10.7. The number of alkyl carbamates (subject to hydrolysis) is 1. The van der Waals surface area contributed by atoms with Crippen LogP contribution >= 0.6 is 0 Å². The number of hydrogen-bond donors (Lipinski definition) is 2. The first-order valence-electron chi connectivity index (χ1n) is 8.44. The Morgan fingerprint density at radius 1 is 0.926 bits per heavy atom. The lowest BCUT2D eigenvalue weighted by atomic mass is 10.2. The van der Waals surface area contributed by atoms with Gasteiger partial charge in [-0.3, -0.25) is 4.79 Å². The van der Waals surface area contributed by atoms with Crippen LogP contribution in [0.3, 0.4) is 0 Å². The van der Waals surface area contributed by atoms with E-state index in [1.54, 1.807) is 0 Å². The number of ether oxygens (including phenoxy) is 2. The van der Waals surface area contributed by atoms with Crippen molar-refractivity contribution in [3.8, 4) is 6.07 Å². The van der Waals surface area contributed by atoms with Gasteiger partial charge in [0.25, 0.3) is 5.91 Å². The predicted octanol–water partition coefficient (Wildman–Crippen LogP) is 2.14. The number of amides is 2. The average Bonchev–Trinajstić information content (AvgIpc) is 2.72. The maximum Gasteiger partial charge on any atom is 0.407 e. The molecule has 2 N–H and O–H groups in total. The zero-order chi connectivity index (χ0) is 19.3. The molecule has 0 aliphatic carbocycles. The molecule has 0 saturated heterocycles. The van der Waals surface area contributed by atoms with Crippen molar-refractivity contribution in [2.45, 2.75) is 19.3 Å². The van der Waals surface area contributed by atoms with Gasteiger partial charge >= 0.3 is 6.09 Å². The Hall–Kier alpha value is -3.37. The lowest BCUT2D eigenvalue weighted by Gasteiger charge is -2.17. The number of rotatable bonds is 9. The highest BCUT2D eigenvalue weighted by Gasteiger charge is 2.20. The summed E-state index contributed by atoms with van der Waals surface area (Å²) in [5, 5.41) is 13.6. The second-order valence-corrected chi connectivity index (χ2v) is 5.60. The molecular weight excluding hydrogens is 346 g/mol. The largest absolute Gasteiger partial charge is 0.445 e. The fraction of sp³-hybridized carbons (Fsp3) is 0.250. The van der Waals surface area contributed by atoms with Crippen LogP contribution in [0.2, 0.25) is 0 Å². The van der Waals surface area contributed by atoms with Crippen LogP contribution in [0.4, 0.5) is 4.79 Å². The minimum absolute atomic E-state index is 0.0717. The molecular formula is C20H21N3O4. The van der Waals surface area contributed by atoms with Crippen molar-refractivity contribution in [2.24, 2.45) is 0 Å². The van der Waals surface area contributed by atoms with Gasteiger partial charge in [0.2, 0.25) is 0 Å². The van der Waals surface area contributed by atoms with Crippen molar-refractivity contribution in [3.05, 3.63) is 71.8 Å². The lowest BCUT2D eigenvalue weighted by Crippen LogP contribution is -2.44. The third-order valence-corrected chi connectivity index (χ3v) is 3.57. The van der Waals surface area contributed by atoms with Crippen molar-refractivity contribution < 1.29 is 19.1 Å². The first kappa shape index (κ1) is 19.9. The van der Waals surface area contributed by atoms with Crippen molar-refractivity contribution in [1.82, 2.24) is 10.6 Å². The minimum Gasteiger partial charge on any atom is -0.445 e. The molecule has 0 aromatic heterocycles. The molecule has 7 heteroatoms. The van der Waals surface area contributed by atoms with E-state index in [0.29, 0.717) is 0 Å². The van der Waals surface area contributed by atoms with Gasteiger partial charge in [0.1, 0.15) is 13.2 Å². The number of nitrogens with one attached hydrogen (secondary N) is 2. The molecule has 0 aliphatic heterocycles. The Morgan fingerprint density at radius 2 is 1.52 bits per heavy atom. The van der Waals surface area contributed by atoms with Crippen molar-refractivity contribution >= 4 is 12.0 Å². The summed E-state index contributed by atoms with van der Waals surface area (Å²) in [6, 6.07) is 20.4. The first-order chi connectivity index (χ1) is 13.2. The fourth-order valence-electron chi connectivity index (χ4n) is 2.19. The third-order valence-electron chi connectivity index (χ3n) is 3.57. The van der Waals surface area contributed by atoms with Crippen LogP contribution in [0, 0.1) is 11.3 Å². The molecule has 1 unspecified atom stereocenters. The first-order valence-corrected chi connectivity index (χ1v) is 8.44. The highest BCUT2D eigenvalue weighted by atomic mass is 16.5. The van der Waals surface area contributed by atoms with Crippen LogP contribution in [0.5, 0.6) is 0 Å². The van der Waals surface area contributed by atoms with Gasteiger partial charge in [-0.15, -0.1) is 0 Å². The molecule has 0 bridgehead atoms. The predicted molar refractivity (Wildman–Crippen MR) is 98.3 cm³/mol. The van der Waals surface area contributed by atoms with Gasteiger partial charge in [0.05, 0.1) is 19.2 Å². The Labute approximate surface area is 157 Å². The molecule has 2 aromatic rings. The molecule has 0 spiro atoms. The molecule has 0 saturated carbocycles. The molecule has 140 valence electrons. The molecule has 2 aromatic carbocycles. The SMILES string of the molecule is N#CCNC(=O)C(CNC(=O)OCc1ccccc1)OCc1ccccc1. The second-order valence-electron chi connectivity index (χ2n) is 5.60. The topological polar surface area (TPSA) is 100 Å². The lowest BCUT2D eigenvalue weighted by molar-refractivity contribution is -0.133. The van der Waals surface area contributed by atoms with Gasteiger partial charge in [-0.05, 0) is 11.1 Å². The monoisotopic (exact) mass is 367 g/mol. The standard InChI is InChI=1S/C20H21N3O4/c21-11-12-22-19(24)18(26-14-16-7-3-1-4-8-16)13-23-20(25)27-15-17-9-5-2-6-10-17/h1-10,18H,12-15H2,(H,22,24)(H,23,25). The Morgan fingerprint density at radius 3 is 2.11 bits per heavy atom. The Bertz CT molecular complexity index is 760. The van der Waals surface area contributed by atoms with Crippen molar-refractivity contribution in [2.75, 3.05) is 13.1 Å². The van der Waals surface area contributed by atoms with Crippen LogP contribution in [0.1, 0.15) is 11.1 Å². The van der Waals surface area contributed by atoms with E-state index in [1.807, 2.05) is 66.7 Å². The fourth-order valence-corrected chi connectivity index (χ4v) is 2.19. The van der Waals surface area contributed by atoms with E-state index in [4.69, 9.17) is 14.7 Å². The van der Waals surface area contributed by atoms with E-state index < -0.39 is 18.1 Å². The van der Waals surface area contributed by atoms with Gasteiger partial charge in [-0.1, -0.05) is 60.7 Å². The molecule has 7 nitrogen and oxygen atoms in total. The van der Waals surface area contributed by atoms with E-state index in [-0.39, 0.29) is 26.3 Å². The molecule has 2 amide bonds. The van der Waals surface area contributed by atoms with Crippen molar-refractivity contribution in [1.29, 1.82) is 5.26 Å². The summed E-state index contributed by atoms with van der Waals surface area (Å²) in [7, 11) is 0. The Kier molecular flexibility index (Phi) is 8.34. The summed E-state index contributed by atoms with van der Waals surface area (Å²) in [5.41, 5.74) is 1.75. The zero-order valence-corrected chi connectivity index (χ0v) is 14.8. The highest BCUT2D eigenvalue weighted by molar-refractivity contribution is 5.82. The Balaban J connectivity index is 1.83. The smallest absolute Gasteiger partial charge is 0.407 e. The van der Waals surface area contributed by atoms with Gasteiger partial charge < -0.3 is 20.1 Å². The van der Waals surface area contributed by atoms with Crippen LogP contribution in [0.25, 0.3) is 0 Å². The summed E-state index contributed by atoms with van der Waals surface area (Å²) in [6.45, 7) is 0.120. The summed E-state index contributed by atoms with van der Waals surface area (Å²) in [6.07, 6.45) is -1.59. The van der Waals surface area contributed by atoms with Crippen LogP contribution < -0.4 is 10.6 Å². The normalized spacial score (nSPS) is 11.1. The number of nitrogens with zero attached hydrogens (tertiary/aromatic N) is 1.